The predicted octanol–water partition coefficient (Wildman–Crippen LogP) is 3.10. The molecule has 2 aromatic rings. The van der Waals surface area contributed by atoms with E-state index in [9.17, 15) is 14.3 Å². The zero-order chi connectivity index (χ0) is 13.8. The first-order valence-electron chi connectivity index (χ1n) is 5.22. The lowest BCUT2D eigenvalue weighted by molar-refractivity contribution is -0.384. The topological polar surface area (TPSA) is 73.1 Å². The van der Waals surface area contributed by atoms with E-state index in [1.165, 1.54) is 23.5 Å². The van der Waals surface area contributed by atoms with E-state index in [2.05, 4.69) is 4.98 Å². The second-order valence-corrected chi connectivity index (χ2v) is 6.40. The van der Waals surface area contributed by atoms with Gasteiger partial charge in [0, 0.05) is 17.5 Å². The van der Waals surface area contributed by atoms with E-state index < -0.39 is 15.7 Å². The lowest BCUT2D eigenvalue weighted by Crippen LogP contribution is -1.97. The molecule has 0 aliphatic heterocycles. The summed E-state index contributed by atoms with van der Waals surface area (Å²) in [6, 6.07) is 6.01. The van der Waals surface area contributed by atoms with Crippen LogP contribution < -0.4 is 0 Å². The Kier molecular flexibility index (Phi) is 4.62. The zero-order valence-electron chi connectivity index (χ0n) is 9.61. The molecule has 100 valence electrons. The van der Waals surface area contributed by atoms with Crippen LogP contribution in [0.3, 0.4) is 0 Å². The maximum Gasteiger partial charge on any atom is 0.269 e. The third-order valence-corrected chi connectivity index (χ3v) is 5.19. The number of alkyl halides is 1. The van der Waals surface area contributed by atoms with Gasteiger partial charge in [-0.15, -0.1) is 22.9 Å². The fourth-order valence-corrected chi connectivity index (χ4v) is 3.74. The molecule has 1 aromatic carbocycles. The molecule has 1 heterocycles. The smallest absolute Gasteiger partial charge is 0.258 e. The number of nitro groups is 1. The molecule has 0 aliphatic rings. The average molecular weight is 317 g/mol. The highest BCUT2D eigenvalue weighted by atomic mass is 35.5. The van der Waals surface area contributed by atoms with Crippen LogP contribution in [0.2, 0.25) is 0 Å². The minimum Gasteiger partial charge on any atom is -0.258 e. The normalized spacial score (nSPS) is 12.3. The molecule has 1 unspecified atom stereocenters. The molecular weight excluding hydrogens is 308 g/mol. The molecule has 2 rings (SSSR count). The van der Waals surface area contributed by atoms with Crippen molar-refractivity contribution in [1.82, 2.24) is 4.98 Å². The molecule has 0 fully saturated rings. The molecule has 0 saturated heterocycles. The lowest BCUT2D eigenvalue weighted by atomic mass is 10.2. The Bertz CT molecular complexity index is 613. The van der Waals surface area contributed by atoms with Crippen LogP contribution in [-0.2, 0) is 22.4 Å². The molecule has 1 atom stereocenters. The van der Waals surface area contributed by atoms with E-state index in [1.54, 1.807) is 17.5 Å². The molecule has 0 radical (unpaired) electrons. The largest absolute Gasteiger partial charge is 0.269 e. The van der Waals surface area contributed by atoms with E-state index in [4.69, 9.17) is 11.6 Å². The van der Waals surface area contributed by atoms with Crippen molar-refractivity contribution in [1.29, 1.82) is 0 Å². The van der Waals surface area contributed by atoms with Crippen molar-refractivity contribution in [3.05, 3.63) is 51.0 Å². The van der Waals surface area contributed by atoms with Crippen molar-refractivity contribution < 1.29 is 9.13 Å². The molecule has 0 spiro atoms. The number of rotatable bonds is 5. The molecular formula is C11H9ClN2O3S2. The molecule has 0 N–H and O–H groups in total. The van der Waals surface area contributed by atoms with Gasteiger partial charge >= 0.3 is 0 Å². The minimum atomic E-state index is -1.25. The van der Waals surface area contributed by atoms with Crippen LogP contribution in [0.1, 0.15) is 11.3 Å². The maximum atomic E-state index is 12.0. The summed E-state index contributed by atoms with van der Waals surface area (Å²) in [5.41, 5.74) is 1.50. The van der Waals surface area contributed by atoms with E-state index >= 15 is 0 Å². The molecule has 0 amide bonds. The Morgan fingerprint density at radius 3 is 2.58 bits per heavy atom. The summed E-state index contributed by atoms with van der Waals surface area (Å²) in [6.07, 6.45) is 0. The summed E-state index contributed by atoms with van der Waals surface area (Å²) in [7, 11) is -1.25. The summed E-state index contributed by atoms with van der Waals surface area (Å²) in [5.74, 6) is 0.582. The highest BCUT2D eigenvalue weighted by molar-refractivity contribution is 7.86. The van der Waals surface area contributed by atoms with Crippen molar-refractivity contribution in [3.8, 4) is 0 Å². The Balaban J connectivity index is 2.08. The Hall–Kier alpha value is -1.31. The molecule has 0 bridgehead atoms. The maximum absolute atomic E-state index is 12.0. The fourth-order valence-electron chi connectivity index (χ4n) is 1.38. The first-order chi connectivity index (χ1) is 9.10. The van der Waals surface area contributed by atoms with Crippen molar-refractivity contribution in [2.75, 3.05) is 0 Å². The quantitative estimate of drug-likeness (QED) is 0.482. The van der Waals surface area contributed by atoms with Crippen molar-refractivity contribution in [3.63, 3.8) is 0 Å². The summed E-state index contributed by atoms with van der Waals surface area (Å²) in [5, 5.41) is 12.3. The van der Waals surface area contributed by atoms with Gasteiger partial charge in [0.05, 0.1) is 33.0 Å². The summed E-state index contributed by atoms with van der Waals surface area (Å²) in [4.78, 5) is 14.2. The fraction of sp³-hybridized carbons (Fsp3) is 0.182. The third-order valence-electron chi connectivity index (χ3n) is 2.31. The van der Waals surface area contributed by atoms with Crippen LogP contribution in [0.4, 0.5) is 5.69 Å². The van der Waals surface area contributed by atoms with Gasteiger partial charge in [-0.3, -0.25) is 14.3 Å². The molecule has 0 saturated carbocycles. The molecule has 5 nitrogen and oxygen atoms in total. The highest BCUT2D eigenvalue weighted by Crippen LogP contribution is 2.19. The highest BCUT2D eigenvalue weighted by Gasteiger charge is 2.11. The number of hydrogen-bond acceptors (Lipinski definition) is 5. The molecule has 0 aliphatic carbocycles. The first kappa shape index (κ1) is 14.1. The second kappa shape index (κ2) is 6.23. The van der Waals surface area contributed by atoms with Crippen LogP contribution >= 0.6 is 22.9 Å². The van der Waals surface area contributed by atoms with E-state index in [0.717, 1.165) is 5.56 Å². The van der Waals surface area contributed by atoms with Gasteiger partial charge in [-0.05, 0) is 5.56 Å². The number of nitro benzene ring substituents is 1. The standard InChI is InChI=1S/C11H9ClN2O3S2/c12-5-9-6-18-11(13-9)19(17)7-8-1-3-10(4-2-8)14(15)16/h1-4,6H,5,7H2. The summed E-state index contributed by atoms with van der Waals surface area (Å²) >= 11 is 6.94. The van der Waals surface area contributed by atoms with Gasteiger partial charge in [-0.1, -0.05) is 12.1 Å². The van der Waals surface area contributed by atoms with Crippen molar-refractivity contribution in [2.24, 2.45) is 0 Å². The summed E-state index contributed by atoms with van der Waals surface area (Å²) in [6.45, 7) is 0. The summed E-state index contributed by atoms with van der Waals surface area (Å²) < 4.78 is 12.6. The van der Waals surface area contributed by atoms with Gasteiger partial charge in [0.25, 0.3) is 5.69 Å². The number of hydrogen-bond donors (Lipinski definition) is 0. The lowest BCUT2D eigenvalue weighted by Gasteiger charge is -1.99. The van der Waals surface area contributed by atoms with Crippen LogP contribution in [0, 0.1) is 10.1 Å². The van der Waals surface area contributed by atoms with Gasteiger partial charge in [0.15, 0.2) is 4.34 Å². The predicted molar refractivity (Wildman–Crippen MR) is 74.9 cm³/mol. The van der Waals surface area contributed by atoms with E-state index in [-0.39, 0.29) is 11.4 Å². The Labute approximate surface area is 120 Å². The van der Waals surface area contributed by atoms with Crippen LogP contribution in [-0.4, -0.2) is 14.1 Å². The monoisotopic (exact) mass is 316 g/mol. The van der Waals surface area contributed by atoms with Crippen LogP contribution in [0.25, 0.3) is 0 Å². The average Bonchev–Trinajstić information content (AvgIpc) is 2.88. The van der Waals surface area contributed by atoms with Gasteiger partial charge in [-0.25, -0.2) is 4.98 Å². The van der Waals surface area contributed by atoms with Gasteiger partial charge < -0.3 is 0 Å². The minimum absolute atomic E-state index is 0.0215. The Morgan fingerprint density at radius 2 is 2.05 bits per heavy atom. The molecule has 19 heavy (non-hydrogen) atoms. The van der Waals surface area contributed by atoms with E-state index in [1.807, 2.05) is 0 Å². The number of nitrogens with zero attached hydrogens (tertiary/aromatic N) is 2. The third kappa shape index (κ3) is 3.59. The number of non-ortho nitro benzene ring substituents is 1. The van der Waals surface area contributed by atoms with Crippen LogP contribution in [0.5, 0.6) is 0 Å². The van der Waals surface area contributed by atoms with E-state index in [0.29, 0.717) is 15.9 Å². The van der Waals surface area contributed by atoms with Gasteiger partial charge in [-0.2, -0.15) is 0 Å². The second-order valence-electron chi connectivity index (χ2n) is 3.65. The Morgan fingerprint density at radius 1 is 1.37 bits per heavy atom. The molecule has 1 aromatic heterocycles. The van der Waals surface area contributed by atoms with Gasteiger partial charge in [0.1, 0.15) is 0 Å². The number of aromatic nitrogens is 1. The number of thiazole rings is 1. The van der Waals surface area contributed by atoms with Crippen molar-refractivity contribution in [2.45, 2.75) is 16.0 Å². The first-order valence-corrected chi connectivity index (χ1v) is 7.95. The van der Waals surface area contributed by atoms with Crippen LogP contribution in [0.15, 0.2) is 34.0 Å². The molecule has 8 heteroatoms. The zero-order valence-corrected chi connectivity index (χ0v) is 12.0. The SMILES string of the molecule is O=[N+]([O-])c1ccc(CS(=O)c2nc(CCl)cs2)cc1. The number of benzene rings is 1. The van der Waals surface area contributed by atoms with Crippen molar-refractivity contribution >= 4 is 39.4 Å². The number of halogens is 1. The van der Waals surface area contributed by atoms with Gasteiger partial charge in [0.2, 0.25) is 0 Å².